The second-order valence-electron chi connectivity index (χ2n) is 6.20. The molecule has 0 saturated heterocycles. The fourth-order valence-electron chi connectivity index (χ4n) is 2.95. The molecule has 148 valence electrons. The SMILES string of the molecule is O=S(=O)(c1cccn2cnnc12)N(Cc1cccc(Cl)c1)c1cc(F)cc(F)c1. The highest BCUT2D eigenvalue weighted by Gasteiger charge is 2.29. The number of halogens is 3. The van der Waals surface area contributed by atoms with Crippen LogP contribution >= 0.6 is 11.6 Å². The fourth-order valence-corrected chi connectivity index (χ4v) is 4.73. The molecule has 2 aromatic heterocycles. The first-order chi connectivity index (χ1) is 13.8. The first-order valence-corrected chi connectivity index (χ1v) is 10.2. The van der Waals surface area contributed by atoms with Gasteiger partial charge in [-0.15, -0.1) is 10.2 Å². The molecule has 0 spiro atoms. The lowest BCUT2D eigenvalue weighted by Crippen LogP contribution is -2.31. The summed E-state index contributed by atoms with van der Waals surface area (Å²) in [5, 5.41) is 7.99. The maximum Gasteiger partial charge on any atom is 0.268 e. The minimum absolute atomic E-state index is 0.0977. The van der Waals surface area contributed by atoms with Crippen molar-refractivity contribution in [2.45, 2.75) is 11.4 Å². The van der Waals surface area contributed by atoms with Crippen LogP contribution in [0, 0.1) is 11.6 Å². The Morgan fingerprint density at radius 1 is 1.03 bits per heavy atom. The molecule has 0 N–H and O–H groups in total. The summed E-state index contributed by atoms with van der Waals surface area (Å²) in [6.45, 7) is -0.193. The highest BCUT2D eigenvalue weighted by Crippen LogP contribution is 2.29. The predicted octanol–water partition coefficient (Wildman–Crippen LogP) is 4.06. The molecule has 0 aliphatic rings. The van der Waals surface area contributed by atoms with E-state index in [-0.39, 0.29) is 22.8 Å². The highest BCUT2D eigenvalue weighted by molar-refractivity contribution is 7.93. The number of nitrogens with zero attached hydrogens (tertiary/aromatic N) is 4. The number of hydrogen-bond donors (Lipinski definition) is 0. The number of aromatic nitrogens is 3. The van der Waals surface area contributed by atoms with Crippen molar-refractivity contribution < 1.29 is 17.2 Å². The molecule has 4 rings (SSSR count). The van der Waals surface area contributed by atoms with Gasteiger partial charge in [0, 0.05) is 17.3 Å². The van der Waals surface area contributed by atoms with Crippen LogP contribution in [0.25, 0.3) is 5.65 Å². The van der Waals surface area contributed by atoms with Gasteiger partial charge in [0.25, 0.3) is 10.0 Å². The van der Waals surface area contributed by atoms with E-state index in [4.69, 9.17) is 11.6 Å². The van der Waals surface area contributed by atoms with Crippen LogP contribution in [0.4, 0.5) is 14.5 Å². The van der Waals surface area contributed by atoms with Gasteiger partial charge in [-0.2, -0.15) is 0 Å². The summed E-state index contributed by atoms with van der Waals surface area (Å²) in [5.74, 6) is -1.79. The second kappa shape index (κ2) is 7.41. The van der Waals surface area contributed by atoms with Crippen LogP contribution in [0.3, 0.4) is 0 Å². The van der Waals surface area contributed by atoms with Gasteiger partial charge < -0.3 is 0 Å². The third kappa shape index (κ3) is 3.79. The molecular weight excluding hydrogens is 422 g/mol. The largest absolute Gasteiger partial charge is 0.288 e. The molecule has 0 bridgehead atoms. The number of anilines is 1. The Labute approximate surface area is 170 Å². The summed E-state index contributed by atoms with van der Waals surface area (Å²) in [7, 11) is -4.26. The molecule has 0 radical (unpaired) electrons. The van der Waals surface area contributed by atoms with Crippen molar-refractivity contribution in [3.05, 3.63) is 89.3 Å². The van der Waals surface area contributed by atoms with Crippen molar-refractivity contribution in [1.29, 1.82) is 0 Å². The molecule has 0 unspecified atom stereocenters. The average molecular weight is 435 g/mol. The van der Waals surface area contributed by atoms with Gasteiger partial charge in [-0.3, -0.25) is 8.71 Å². The smallest absolute Gasteiger partial charge is 0.268 e. The Morgan fingerprint density at radius 2 is 1.79 bits per heavy atom. The van der Waals surface area contributed by atoms with Crippen LogP contribution in [-0.2, 0) is 16.6 Å². The van der Waals surface area contributed by atoms with E-state index in [1.165, 1.54) is 22.9 Å². The molecule has 0 saturated carbocycles. The zero-order chi connectivity index (χ0) is 20.6. The Hall–Kier alpha value is -3.04. The van der Waals surface area contributed by atoms with Gasteiger partial charge in [-0.05, 0) is 42.0 Å². The van der Waals surface area contributed by atoms with Crippen LogP contribution in [-0.4, -0.2) is 23.0 Å². The number of fused-ring (bicyclic) bond motifs is 1. The van der Waals surface area contributed by atoms with E-state index >= 15 is 0 Å². The minimum atomic E-state index is -4.26. The van der Waals surface area contributed by atoms with E-state index in [1.807, 2.05) is 0 Å². The molecule has 2 aromatic carbocycles. The van der Waals surface area contributed by atoms with Crippen LogP contribution in [0.5, 0.6) is 0 Å². The normalized spacial score (nSPS) is 11.7. The molecular formula is C19H13ClF2N4O2S. The molecule has 29 heavy (non-hydrogen) atoms. The Morgan fingerprint density at radius 3 is 2.52 bits per heavy atom. The van der Waals surface area contributed by atoms with E-state index in [9.17, 15) is 17.2 Å². The maximum atomic E-state index is 13.9. The quantitative estimate of drug-likeness (QED) is 0.475. The first-order valence-electron chi connectivity index (χ1n) is 8.36. The van der Waals surface area contributed by atoms with Gasteiger partial charge in [-0.1, -0.05) is 23.7 Å². The van der Waals surface area contributed by atoms with E-state index < -0.39 is 21.7 Å². The molecule has 2 heterocycles. The molecule has 4 aromatic rings. The molecule has 6 nitrogen and oxygen atoms in total. The van der Waals surface area contributed by atoms with Crippen molar-refractivity contribution in [2.75, 3.05) is 4.31 Å². The van der Waals surface area contributed by atoms with Gasteiger partial charge >= 0.3 is 0 Å². The van der Waals surface area contributed by atoms with Crippen LogP contribution in [0.15, 0.2) is 72.0 Å². The van der Waals surface area contributed by atoms with E-state index in [1.54, 1.807) is 30.5 Å². The Kier molecular flexibility index (Phi) is 4.93. The van der Waals surface area contributed by atoms with Crippen molar-refractivity contribution in [2.24, 2.45) is 0 Å². The molecule has 0 amide bonds. The van der Waals surface area contributed by atoms with E-state index in [0.717, 1.165) is 16.4 Å². The third-order valence-corrected chi connectivity index (χ3v) is 6.24. The fraction of sp³-hybridized carbons (Fsp3) is 0.0526. The molecule has 0 aliphatic heterocycles. The summed E-state index contributed by atoms with van der Waals surface area (Å²) in [4.78, 5) is -0.149. The summed E-state index contributed by atoms with van der Waals surface area (Å²) in [6.07, 6.45) is 2.95. The number of benzene rings is 2. The average Bonchev–Trinajstić information content (AvgIpc) is 3.14. The molecule has 10 heteroatoms. The Balaban J connectivity index is 1.90. The minimum Gasteiger partial charge on any atom is -0.288 e. The number of rotatable bonds is 5. The zero-order valence-corrected chi connectivity index (χ0v) is 16.3. The summed E-state index contributed by atoms with van der Waals surface area (Å²) in [6, 6.07) is 12.0. The van der Waals surface area contributed by atoms with Crippen molar-refractivity contribution >= 4 is 33.0 Å². The van der Waals surface area contributed by atoms with Gasteiger partial charge in [-0.25, -0.2) is 17.2 Å². The predicted molar refractivity (Wildman–Crippen MR) is 104 cm³/mol. The lowest BCUT2D eigenvalue weighted by molar-refractivity contribution is 0.580. The molecule has 0 atom stereocenters. The summed E-state index contributed by atoms with van der Waals surface area (Å²) < 4.78 is 57.2. The molecule has 0 fully saturated rings. The second-order valence-corrected chi connectivity index (χ2v) is 8.47. The molecule has 0 aliphatic carbocycles. The van der Waals surface area contributed by atoms with Crippen LogP contribution in [0.1, 0.15) is 5.56 Å². The van der Waals surface area contributed by atoms with E-state index in [0.29, 0.717) is 16.7 Å². The lowest BCUT2D eigenvalue weighted by atomic mass is 10.2. The van der Waals surface area contributed by atoms with Crippen LogP contribution < -0.4 is 4.31 Å². The van der Waals surface area contributed by atoms with Crippen molar-refractivity contribution in [1.82, 2.24) is 14.6 Å². The lowest BCUT2D eigenvalue weighted by Gasteiger charge is -2.25. The highest BCUT2D eigenvalue weighted by atomic mass is 35.5. The first kappa shape index (κ1) is 19.3. The Bertz CT molecular complexity index is 1290. The number of pyridine rings is 1. The zero-order valence-electron chi connectivity index (χ0n) is 14.7. The van der Waals surface area contributed by atoms with Crippen LogP contribution in [0.2, 0.25) is 5.02 Å². The standard InChI is InChI=1S/C19H13ClF2N4O2S/c20-14-4-1-3-13(7-14)11-26(17-9-15(21)8-16(22)10-17)29(27,28)18-5-2-6-25-12-23-24-19(18)25/h1-10,12H,11H2. The van der Waals surface area contributed by atoms with Crippen molar-refractivity contribution in [3.8, 4) is 0 Å². The summed E-state index contributed by atoms with van der Waals surface area (Å²) in [5.41, 5.74) is 0.476. The summed E-state index contributed by atoms with van der Waals surface area (Å²) >= 11 is 6.01. The maximum absolute atomic E-state index is 13.9. The topological polar surface area (TPSA) is 67.6 Å². The number of sulfonamides is 1. The van der Waals surface area contributed by atoms with Gasteiger partial charge in [0.15, 0.2) is 5.65 Å². The van der Waals surface area contributed by atoms with Gasteiger partial charge in [0.2, 0.25) is 0 Å². The number of hydrogen-bond acceptors (Lipinski definition) is 4. The third-order valence-electron chi connectivity index (χ3n) is 4.21. The van der Waals surface area contributed by atoms with E-state index in [2.05, 4.69) is 10.2 Å². The van der Waals surface area contributed by atoms with Crippen molar-refractivity contribution in [3.63, 3.8) is 0 Å². The monoisotopic (exact) mass is 434 g/mol. The van der Waals surface area contributed by atoms with Gasteiger partial charge in [0.05, 0.1) is 12.2 Å². The van der Waals surface area contributed by atoms with Gasteiger partial charge in [0.1, 0.15) is 22.9 Å².